The zero-order chi connectivity index (χ0) is 32.2. The molecule has 12 heteroatoms. The van der Waals surface area contributed by atoms with Crippen LogP contribution in [0.25, 0.3) is 5.57 Å². The van der Waals surface area contributed by atoms with Crippen LogP contribution < -0.4 is 21.1 Å². The number of carbonyl (C=O) groups excluding carboxylic acids is 1. The van der Waals surface area contributed by atoms with Crippen molar-refractivity contribution in [3.8, 4) is 5.75 Å². The van der Waals surface area contributed by atoms with E-state index in [-0.39, 0.29) is 18.6 Å². The van der Waals surface area contributed by atoms with Gasteiger partial charge in [0.1, 0.15) is 12.4 Å². The molecule has 1 aromatic heterocycles. The number of rotatable bonds is 10. The molecule has 1 amide bonds. The van der Waals surface area contributed by atoms with Gasteiger partial charge < -0.3 is 21.1 Å². The van der Waals surface area contributed by atoms with E-state index < -0.39 is 0 Å². The fourth-order valence-electron chi connectivity index (χ4n) is 6.50. The minimum atomic E-state index is -0.296. The van der Waals surface area contributed by atoms with Gasteiger partial charge in [-0.1, -0.05) is 29.8 Å². The maximum Gasteiger partial charge on any atom is 0.251 e. The molecule has 3 aliphatic rings. The van der Waals surface area contributed by atoms with E-state index in [0.717, 1.165) is 62.1 Å². The lowest BCUT2D eigenvalue weighted by Gasteiger charge is -2.46. The maximum atomic E-state index is 13.1. The van der Waals surface area contributed by atoms with Crippen LogP contribution in [0.5, 0.6) is 5.75 Å². The summed E-state index contributed by atoms with van der Waals surface area (Å²) in [7, 11) is 3.29. The largest absolute Gasteiger partial charge is 0.495 e. The number of carbonyl (C=O) groups is 1. The Morgan fingerprint density at radius 2 is 1.93 bits per heavy atom. The molecule has 0 bridgehead atoms. The second-order valence-corrected chi connectivity index (χ2v) is 12.3. The van der Waals surface area contributed by atoms with Crippen LogP contribution in [-0.4, -0.2) is 97.0 Å². The van der Waals surface area contributed by atoms with Gasteiger partial charge in [0.15, 0.2) is 0 Å². The average Bonchev–Trinajstić information content (AvgIpc) is 3.05. The number of aromatic nitrogens is 2. The second kappa shape index (κ2) is 14.1. The number of nitrogens with one attached hydrogen (secondary N) is 2. The number of hydrogen-bond donors (Lipinski definition) is 3. The van der Waals surface area contributed by atoms with E-state index in [1.807, 2.05) is 24.3 Å². The molecule has 0 radical (unpaired) electrons. The highest BCUT2D eigenvalue weighted by molar-refractivity contribution is 6.40. The number of aryl methyl sites for hydroxylation is 1. The Morgan fingerprint density at radius 3 is 2.65 bits per heavy atom. The third-order valence-electron chi connectivity index (χ3n) is 9.16. The summed E-state index contributed by atoms with van der Waals surface area (Å²) in [5.74, 6) is 0.721. The molecule has 2 fully saturated rings. The SMILES string of the molecule is CN=C(C1=C(N)CCc2cnc(Nc3ccc(C(=O)NC4CC(N5CCN(CCF)CC5)C4)cc3OC)nc21)c1ccccc1Cl. The van der Waals surface area contributed by atoms with Crippen molar-refractivity contribution >= 4 is 40.4 Å². The van der Waals surface area contributed by atoms with Crippen molar-refractivity contribution in [2.24, 2.45) is 10.7 Å². The van der Waals surface area contributed by atoms with E-state index in [4.69, 9.17) is 27.1 Å². The normalized spacial score (nSPS) is 20.6. The number of benzene rings is 2. The van der Waals surface area contributed by atoms with Crippen LogP contribution in [0.15, 0.2) is 59.4 Å². The molecule has 0 atom stereocenters. The van der Waals surface area contributed by atoms with Gasteiger partial charge in [-0.05, 0) is 55.5 Å². The fraction of sp³-hybridized carbons (Fsp3) is 0.412. The third-order valence-corrected chi connectivity index (χ3v) is 9.49. The predicted octanol–water partition coefficient (Wildman–Crippen LogP) is 4.47. The number of fused-ring (bicyclic) bond motifs is 1. The first-order chi connectivity index (χ1) is 22.4. The van der Waals surface area contributed by atoms with Crippen molar-refractivity contribution in [3.05, 3.63) is 81.8 Å². The minimum absolute atomic E-state index is 0.131. The Balaban J connectivity index is 1.13. The van der Waals surface area contributed by atoms with Crippen LogP contribution in [0.2, 0.25) is 5.02 Å². The van der Waals surface area contributed by atoms with Crippen LogP contribution in [0.1, 0.15) is 46.4 Å². The van der Waals surface area contributed by atoms with Gasteiger partial charge in [0.25, 0.3) is 5.91 Å². The van der Waals surface area contributed by atoms with Gasteiger partial charge in [-0.2, -0.15) is 0 Å². The molecule has 2 heterocycles. The number of piperazine rings is 1. The number of aliphatic imine (C=N–C) groups is 1. The zero-order valence-corrected chi connectivity index (χ0v) is 27.0. The number of halogens is 2. The third kappa shape index (κ3) is 6.72. The summed E-state index contributed by atoms with van der Waals surface area (Å²) < 4.78 is 18.3. The lowest BCUT2D eigenvalue weighted by Crippen LogP contribution is -2.58. The average molecular weight is 647 g/mol. The number of nitrogens with two attached hydrogens (primary N) is 1. The number of allylic oxidation sites excluding steroid dienone is 2. The van der Waals surface area contributed by atoms with Gasteiger partial charge in [-0.3, -0.25) is 19.6 Å². The molecule has 0 unspecified atom stereocenters. The predicted molar refractivity (Wildman–Crippen MR) is 180 cm³/mol. The van der Waals surface area contributed by atoms with Crippen LogP contribution >= 0.6 is 11.6 Å². The summed E-state index contributed by atoms with van der Waals surface area (Å²) in [6.07, 6.45) is 5.03. The van der Waals surface area contributed by atoms with Gasteiger partial charge in [0, 0.05) is 85.5 Å². The van der Waals surface area contributed by atoms with Gasteiger partial charge in [-0.25, -0.2) is 14.4 Å². The number of alkyl halides is 1. The molecular weight excluding hydrogens is 607 g/mol. The Labute approximate surface area is 273 Å². The second-order valence-electron chi connectivity index (χ2n) is 11.9. The lowest BCUT2D eigenvalue weighted by atomic mass is 9.85. The Morgan fingerprint density at radius 1 is 1.15 bits per heavy atom. The van der Waals surface area contributed by atoms with Crippen LogP contribution in [0.4, 0.5) is 16.0 Å². The fourth-order valence-corrected chi connectivity index (χ4v) is 6.72. The molecule has 2 aromatic carbocycles. The topological polar surface area (TPSA) is 121 Å². The van der Waals surface area contributed by atoms with E-state index in [0.29, 0.717) is 64.1 Å². The van der Waals surface area contributed by atoms with Crippen molar-refractivity contribution in [1.82, 2.24) is 25.1 Å². The van der Waals surface area contributed by atoms with E-state index in [2.05, 4.69) is 30.4 Å². The molecule has 46 heavy (non-hydrogen) atoms. The molecule has 0 spiro atoms. The molecule has 2 aliphatic carbocycles. The molecule has 1 aliphatic heterocycles. The summed E-state index contributed by atoms with van der Waals surface area (Å²) in [5.41, 5.74) is 12.3. The Hall–Kier alpha value is -4.06. The molecule has 242 valence electrons. The quantitative estimate of drug-likeness (QED) is 0.276. The highest BCUT2D eigenvalue weighted by Crippen LogP contribution is 2.35. The lowest BCUT2D eigenvalue weighted by molar-refractivity contribution is 0.0417. The highest BCUT2D eigenvalue weighted by Gasteiger charge is 2.36. The highest BCUT2D eigenvalue weighted by atomic mass is 35.5. The molecule has 1 saturated carbocycles. The number of methoxy groups -OCH3 is 1. The van der Waals surface area contributed by atoms with Crippen LogP contribution in [0, 0.1) is 0 Å². The molecule has 1 saturated heterocycles. The summed E-state index contributed by atoms with van der Waals surface area (Å²) in [4.78, 5) is 31.8. The standard InChI is InChI=1S/C34H40ClFN8O2/c1-38-32(25-5-3-4-6-26(25)35)30-27(37)9-7-22-20-39-34(42-31(22)30)41-28-10-8-21(17-29(28)46-2)33(45)40-23-18-24(19-23)44-15-13-43(12-11-36)14-16-44/h3-6,8,10,17,20,23-24H,7,9,11-16,18-19,37H2,1-2H3,(H,40,45)(H,39,41,42). The first-order valence-electron chi connectivity index (χ1n) is 15.7. The van der Waals surface area contributed by atoms with Gasteiger partial charge in [0.05, 0.1) is 24.2 Å². The van der Waals surface area contributed by atoms with Crippen molar-refractivity contribution in [2.45, 2.75) is 37.8 Å². The Bertz CT molecular complexity index is 1650. The zero-order valence-electron chi connectivity index (χ0n) is 26.2. The van der Waals surface area contributed by atoms with E-state index in [1.54, 1.807) is 38.6 Å². The number of nitrogens with zero attached hydrogens (tertiary/aromatic N) is 5. The summed E-state index contributed by atoms with van der Waals surface area (Å²) in [6.45, 7) is 3.92. The number of amides is 1. The first-order valence-corrected chi connectivity index (χ1v) is 16.1. The summed E-state index contributed by atoms with van der Waals surface area (Å²) in [5, 5.41) is 7.01. The first kappa shape index (κ1) is 31.9. The monoisotopic (exact) mass is 646 g/mol. The summed E-state index contributed by atoms with van der Waals surface area (Å²) >= 11 is 6.55. The van der Waals surface area contributed by atoms with E-state index in [1.165, 1.54) is 0 Å². The molecule has 4 N–H and O–H groups in total. The maximum absolute atomic E-state index is 13.1. The van der Waals surface area contributed by atoms with Crippen LogP contribution in [0.3, 0.4) is 0 Å². The van der Waals surface area contributed by atoms with Crippen molar-refractivity contribution in [3.63, 3.8) is 0 Å². The smallest absolute Gasteiger partial charge is 0.251 e. The van der Waals surface area contributed by atoms with Crippen molar-refractivity contribution < 1.29 is 13.9 Å². The number of hydrogen-bond acceptors (Lipinski definition) is 9. The number of anilines is 2. The van der Waals surface area contributed by atoms with Crippen molar-refractivity contribution in [2.75, 3.05) is 58.9 Å². The van der Waals surface area contributed by atoms with Gasteiger partial charge >= 0.3 is 0 Å². The van der Waals surface area contributed by atoms with Gasteiger partial charge in [-0.15, -0.1) is 0 Å². The molecule has 3 aromatic rings. The van der Waals surface area contributed by atoms with E-state index in [9.17, 15) is 9.18 Å². The number of ether oxygens (including phenoxy) is 1. The molecular formula is C34H40ClFN8O2. The molecule has 6 rings (SSSR count). The summed E-state index contributed by atoms with van der Waals surface area (Å²) in [6, 6.07) is 13.4. The Kier molecular flexibility index (Phi) is 9.81. The van der Waals surface area contributed by atoms with Crippen LogP contribution in [-0.2, 0) is 6.42 Å². The minimum Gasteiger partial charge on any atom is -0.495 e. The van der Waals surface area contributed by atoms with Crippen molar-refractivity contribution in [1.29, 1.82) is 0 Å². The molecule has 10 nitrogen and oxygen atoms in total. The van der Waals surface area contributed by atoms with Gasteiger partial charge in [0.2, 0.25) is 5.95 Å². The van der Waals surface area contributed by atoms with E-state index >= 15 is 0 Å².